The molecule has 2 aromatic carbocycles. The minimum atomic E-state index is -2.54. The van der Waals surface area contributed by atoms with Gasteiger partial charge in [0.05, 0.1) is 12.5 Å². The smallest absolute Gasteiger partial charge is 0.417 e. The first-order valence-electron chi connectivity index (χ1n) is 12.5. The highest BCUT2D eigenvalue weighted by Crippen LogP contribution is 2.27. The van der Waals surface area contributed by atoms with Gasteiger partial charge in [-0.2, -0.15) is 0 Å². The van der Waals surface area contributed by atoms with Crippen molar-refractivity contribution in [3.63, 3.8) is 0 Å². The number of nitrogens with zero attached hydrogens (tertiary/aromatic N) is 2. The van der Waals surface area contributed by atoms with Gasteiger partial charge in [-0.1, -0.05) is 60.7 Å². The Bertz CT molecular complexity index is 844. The molecule has 0 spiro atoms. The summed E-state index contributed by atoms with van der Waals surface area (Å²) in [6.45, 7) is 6.30. The molecule has 0 radical (unpaired) electrons. The Kier molecular flexibility index (Phi) is 9.86. The van der Waals surface area contributed by atoms with E-state index in [1.807, 2.05) is 12.2 Å². The third kappa shape index (κ3) is 8.47. The van der Waals surface area contributed by atoms with Gasteiger partial charge in [-0.25, -0.2) is 4.57 Å². The van der Waals surface area contributed by atoms with E-state index >= 15 is 0 Å². The predicted molar refractivity (Wildman–Crippen MR) is 138 cm³/mol. The lowest BCUT2D eigenvalue weighted by Gasteiger charge is -2.30. The summed E-state index contributed by atoms with van der Waals surface area (Å²) in [6, 6.07) is 21.2. The maximum absolute atomic E-state index is 12.1. The average Bonchev–Trinajstić information content (AvgIpc) is 2.87. The normalized spacial score (nSPS) is 19.3. The molecule has 0 unspecified atom stereocenters. The summed E-state index contributed by atoms with van der Waals surface area (Å²) >= 11 is 0. The number of hydrogen-bond acceptors (Lipinski definition) is 5. The van der Waals surface area contributed by atoms with Gasteiger partial charge in [0.2, 0.25) is 0 Å². The number of hydrogen-bond donors (Lipinski definition) is 0. The van der Waals surface area contributed by atoms with Gasteiger partial charge in [0.25, 0.3) is 0 Å². The highest BCUT2D eigenvalue weighted by Gasteiger charge is 2.18. The summed E-state index contributed by atoms with van der Waals surface area (Å²) in [6.07, 6.45) is 11.6. The minimum Gasteiger partial charge on any atom is -0.426 e. The fraction of sp³-hybridized carbons (Fsp3) is 0.429. The largest absolute Gasteiger partial charge is 0.426 e. The van der Waals surface area contributed by atoms with Crippen LogP contribution in [-0.4, -0.2) is 36.0 Å². The third-order valence-electron chi connectivity index (χ3n) is 6.79. The second-order valence-corrected chi connectivity index (χ2v) is 10.3. The second kappa shape index (κ2) is 13.5. The first-order valence-corrected chi connectivity index (χ1v) is 13.7. The van der Waals surface area contributed by atoms with Crippen LogP contribution in [0.1, 0.15) is 36.8 Å². The molecule has 2 fully saturated rings. The monoisotopic (exact) mass is 480 g/mol. The molecular weight excluding hydrogens is 443 g/mol. The molecule has 6 heteroatoms. The minimum absolute atomic E-state index is 0.471. The quantitative estimate of drug-likeness (QED) is 0.297. The van der Waals surface area contributed by atoms with Crippen molar-refractivity contribution >= 4 is 8.25 Å². The molecule has 0 amide bonds. The fourth-order valence-corrected chi connectivity index (χ4v) is 5.16. The Hall–Kier alpha value is -2.33. The molecule has 5 nitrogen and oxygen atoms in total. The van der Waals surface area contributed by atoms with E-state index in [1.165, 1.54) is 11.1 Å². The van der Waals surface area contributed by atoms with Crippen molar-refractivity contribution in [3.8, 4) is 0 Å². The number of piperidine rings is 2. The van der Waals surface area contributed by atoms with Crippen molar-refractivity contribution in [1.82, 2.24) is 9.80 Å². The molecule has 2 heterocycles. The van der Waals surface area contributed by atoms with Gasteiger partial charge in [-0.15, -0.1) is 0 Å². The molecule has 0 aromatic heterocycles. The highest BCUT2D eigenvalue weighted by molar-refractivity contribution is 7.33. The van der Waals surface area contributed by atoms with Crippen LogP contribution < -0.4 is 0 Å². The van der Waals surface area contributed by atoms with Crippen LogP contribution >= 0.6 is 8.25 Å². The molecule has 2 aliphatic rings. The van der Waals surface area contributed by atoms with E-state index in [0.717, 1.165) is 65.0 Å². The number of likely N-dealkylation sites (tertiary alicyclic amines) is 2. The average molecular weight is 481 g/mol. The Morgan fingerprint density at radius 3 is 1.44 bits per heavy atom. The lowest BCUT2D eigenvalue weighted by atomic mass is 9.96. The zero-order valence-electron chi connectivity index (χ0n) is 19.9. The van der Waals surface area contributed by atoms with E-state index in [9.17, 15) is 4.57 Å². The molecule has 0 atom stereocenters. The second-order valence-electron chi connectivity index (χ2n) is 9.34. The van der Waals surface area contributed by atoms with Gasteiger partial charge in [-0.3, -0.25) is 9.80 Å². The third-order valence-corrected chi connectivity index (χ3v) is 7.45. The van der Waals surface area contributed by atoms with Gasteiger partial charge >= 0.3 is 8.25 Å². The summed E-state index contributed by atoms with van der Waals surface area (Å²) in [5.41, 5.74) is 2.72. The van der Waals surface area contributed by atoms with Gasteiger partial charge < -0.3 is 9.05 Å². The van der Waals surface area contributed by atoms with Crippen molar-refractivity contribution < 1.29 is 13.6 Å². The van der Waals surface area contributed by atoms with Gasteiger partial charge in [0.1, 0.15) is 0 Å². The van der Waals surface area contributed by atoms with Crippen LogP contribution in [0.5, 0.6) is 0 Å². The SMILES string of the molecule is O=[PH](O/C=C/C1CCN(Cc2ccccc2)CC1)O/C=C/C1CCN(Cc2ccccc2)CC1. The van der Waals surface area contributed by atoms with E-state index in [4.69, 9.17) is 9.05 Å². The van der Waals surface area contributed by atoms with E-state index < -0.39 is 8.25 Å². The lowest BCUT2D eigenvalue weighted by Crippen LogP contribution is -2.32. The molecule has 0 saturated carbocycles. The summed E-state index contributed by atoms with van der Waals surface area (Å²) in [5.74, 6) is 0.942. The summed E-state index contributed by atoms with van der Waals surface area (Å²) in [7, 11) is -2.54. The molecule has 4 rings (SSSR count). The molecule has 2 aromatic rings. The zero-order chi connectivity index (χ0) is 23.4. The molecule has 34 heavy (non-hydrogen) atoms. The number of allylic oxidation sites excluding steroid dienone is 2. The Balaban J connectivity index is 1.07. The summed E-state index contributed by atoms with van der Waals surface area (Å²) in [4.78, 5) is 4.98. The van der Waals surface area contributed by atoms with E-state index in [0.29, 0.717) is 11.8 Å². The van der Waals surface area contributed by atoms with E-state index in [-0.39, 0.29) is 0 Å². The first-order chi connectivity index (χ1) is 16.7. The maximum Gasteiger partial charge on any atom is 0.417 e. The molecule has 0 bridgehead atoms. The molecule has 0 N–H and O–H groups in total. The Labute approximate surface area is 205 Å². The predicted octanol–water partition coefficient (Wildman–Crippen LogP) is 6.26. The lowest BCUT2D eigenvalue weighted by molar-refractivity contribution is 0.194. The Morgan fingerprint density at radius 2 is 1.06 bits per heavy atom. The molecule has 0 aliphatic carbocycles. The number of rotatable bonds is 10. The van der Waals surface area contributed by atoms with E-state index in [1.54, 1.807) is 12.5 Å². The van der Waals surface area contributed by atoms with Gasteiger partial charge in [0, 0.05) is 13.1 Å². The van der Waals surface area contributed by atoms with Crippen molar-refractivity contribution in [3.05, 3.63) is 96.5 Å². The zero-order valence-corrected chi connectivity index (χ0v) is 20.9. The maximum atomic E-state index is 12.1. The highest BCUT2D eigenvalue weighted by atomic mass is 31.1. The first kappa shape index (κ1) is 24.8. The van der Waals surface area contributed by atoms with Crippen molar-refractivity contribution in [2.24, 2.45) is 11.8 Å². The standard InChI is InChI=1S/C28H37N2O3P/c31-34(32-21-15-25-11-17-29(18-12-25)23-27-7-3-1-4-8-27)33-22-16-26-13-19-30(20-14-26)24-28-9-5-2-6-10-28/h1-10,15-16,21-22,25-26,34H,11-14,17-20,23-24H2/b21-15+,22-16+. The van der Waals surface area contributed by atoms with Crippen molar-refractivity contribution in [1.29, 1.82) is 0 Å². The molecule has 2 aliphatic heterocycles. The van der Waals surface area contributed by atoms with Crippen LogP contribution in [0.3, 0.4) is 0 Å². The van der Waals surface area contributed by atoms with Crippen LogP contribution in [0.4, 0.5) is 0 Å². The number of benzene rings is 2. The topological polar surface area (TPSA) is 42.0 Å². The summed E-state index contributed by atoms with van der Waals surface area (Å²) < 4.78 is 22.7. The van der Waals surface area contributed by atoms with E-state index in [2.05, 4.69) is 70.5 Å². The molecular formula is C28H37N2O3P. The van der Waals surface area contributed by atoms with Gasteiger partial charge in [0.15, 0.2) is 0 Å². The summed E-state index contributed by atoms with van der Waals surface area (Å²) in [5, 5.41) is 0. The van der Waals surface area contributed by atoms with Crippen molar-refractivity contribution in [2.45, 2.75) is 38.8 Å². The van der Waals surface area contributed by atoms with Crippen LogP contribution in [0.2, 0.25) is 0 Å². The molecule has 182 valence electrons. The van der Waals surface area contributed by atoms with Crippen LogP contribution in [0.15, 0.2) is 85.3 Å². The fourth-order valence-electron chi connectivity index (χ4n) is 4.73. The van der Waals surface area contributed by atoms with Crippen molar-refractivity contribution in [2.75, 3.05) is 26.2 Å². The Morgan fingerprint density at radius 1 is 0.676 bits per heavy atom. The van der Waals surface area contributed by atoms with Crippen LogP contribution in [0.25, 0.3) is 0 Å². The van der Waals surface area contributed by atoms with Crippen LogP contribution in [0, 0.1) is 11.8 Å². The molecule has 2 saturated heterocycles. The van der Waals surface area contributed by atoms with Crippen LogP contribution in [-0.2, 0) is 26.7 Å². The van der Waals surface area contributed by atoms with Gasteiger partial charge in [-0.05, 0) is 87.0 Å².